The van der Waals surface area contributed by atoms with Crippen molar-refractivity contribution >= 4 is 28.9 Å². The van der Waals surface area contributed by atoms with Crippen molar-refractivity contribution in [3.8, 4) is 0 Å². The first-order valence-corrected chi connectivity index (χ1v) is 7.34. The normalized spacial score (nSPS) is 10.4. The zero-order chi connectivity index (χ0) is 16.1. The summed E-state index contributed by atoms with van der Waals surface area (Å²) in [6.45, 7) is 0. The standard InChI is InChI=1S/C17H18ClFN2O/c1-21(2)14-7-3-12(4-8-14)5-10-17(22)20-16-9-6-13(19)11-15(16)18/h3-4,6-9,11H,5,10H2,1-2H3,(H,20,22). The second kappa shape index (κ2) is 7.27. The molecule has 2 aromatic rings. The zero-order valence-corrected chi connectivity index (χ0v) is 13.3. The highest BCUT2D eigenvalue weighted by molar-refractivity contribution is 6.33. The molecule has 0 fully saturated rings. The van der Waals surface area contributed by atoms with Crippen molar-refractivity contribution < 1.29 is 9.18 Å². The fraction of sp³-hybridized carbons (Fsp3) is 0.235. The molecule has 5 heteroatoms. The number of benzene rings is 2. The molecule has 22 heavy (non-hydrogen) atoms. The molecule has 116 valence electrons. The minimum absolute atomic E-state index is 0.148. The summed E-state index contributed by atoms with van der Waals surface area (Å²) in [5.41, 5.74) is 2.63. The van der Waals surface area contributed by atoms with Crippen LogP contribution < -0.4 is 10.2 Å². The Bertz CT molecular complexity index is 656. The number of amides is 1. The lowest BCUT2D eigenvalue weighted by Crippen LogP contribution is -2.13. The van der Waals surface area contributed by atoms with Crippen molar-refractivity contribution in [1.29, 1.82) is 0 Å². The largest absolute Gasteiger partial charge is 0.378 e. The van der Waals surface area contributed by atoms with Crippen LogP contribution in [0.5, 0.6) is 0 Å². The van der Waals surface area contributed by atoms with Crippen LogP contribution in [0.2, 0.25) is 5.02 Å². The number of carbonyl (C=O) groups is 1. The first-order chi connectivity index (χ1) is 10.5. The van der Waals surface area contributed by atoms with Crippen LogP contribution in [-0.4, -0.2) is 20.0 Å². The number of nitrogens with one attached hydrogen (secondary N) is 1. The Morgan fingerprint density at radius 3 is 2.45 bits per heavy atom. The molecule has 0 saturated carbocycles. The molecule has 0 saturated heterocycles. The fourth-order valence-electron chi connectivity index (χ4n) is 2.02. The van der Waals surface area contributed by atoms with Crippen LogP contribution in [0.1, 0.15) is 12.0 Å². The Balaban J connectivity index is 1.89. The van der Waals surface area contributed by atoms with Gasteiger partial charge in [0, 0.05) is 26.2 Å². The second-order valence-corrected chi connectivity index (χ2v) is 5.64. The number of hydrogen-bond donors (Lipinski definition) is 1. The van der Waals surface area contributed by atoms with Crippen LogP contribution >= 0.6 is 11.6 Å². The Labute approximate surface area is 134 Å². The van der Waals surface area contributed by atoms with E-state index in [4.69, 9.17) is 11.6 Å². The van der Waals surface area contributed by atoms with Crippen LogP contribution in [-0.2, 0) is 11.2 Å². The summed E-state index contributed by atoms with van der Waals surface area (Å²) >= 11 is 5.88. The molecule has 0 aliphatic carbocycles. The average Bonchev–Trinajstić information content (AvgIpc) is 2.48. The lowest BCUT2D eigenvalue weighted by molar-refractivity contribution is -0.116. The highest BCUT2D eigenvalue weighted by atomic mass is 35.5. The van der Waals surface area contributed by atoms with E-state index in [-0.39, 0.29) is 10.9 Å². The molecular formula is C17H18ClFN2O. The van der Waals surface area contributed by atoms with Crippen LogP contribution in [0, 0.1) is 5.82 Å². The second-order valence-electron chi connectivity index (χ2n) is 5.23. The van der Waals surface area contributed by atoms with Gasteiger partial charge in [0.25, 0.3) is 0 Å². The summed E-state index contributed by atoms with van der Waals surface area (Å²) in [7, 11) is 3.96. The van der Waals surface area contributed by atoms with Crippen LogP contribution in [0.3, 0.4) is 0 Å². The molecule has 3 nitrogen and oxygen atoms in total. The van der Waals surface area contributed by atoms with E-state index in [1.54, 1.807) is 0 Å². The third-order valence-corrected chi connectivity index (χ3v) is 3.61. The SMILES string of the molecule is CN(C)c1ccc(CCC(=O)Nc2ccc(F)cc2Cl)cc1. The monoisotopic (exact) mass is 320 g/mol. The fourth-order valence-corrected chi connectivity index (χ4v) is 2.24. The highest BCUT2D eigenvalue weighted by Crippen LogP contribution is 2.22. The molecule has 2 rings (SSSR count). The van der Waals surface area contributed by atoms with E-state index in [0.29, 0.717) is 18.5 Å². The Morgan fingerprint density at radius 2 is 1.86 bits per heavy atom. The molecule has 0 heterocycles. The van der Waals surface area contributed by atoms with E-state index in [1.165, 1.54) is 18.2 Å². The summed E-state index contributed by atoms with van der Waals surface area (Å²) < 4.78 is 12.9. The van der Waals surface area contributed by atoms with E-state index in [1.807, 2.05) is 43.3 Å². The van der Waals surface area contributed by atoms with Gasteiger partial charge in [0.1, 0.15) is 5.82 Å². The third-order valence-electron chi connectivity index (χ3n) is 3.30. The smallest absolute Gasteiger partial charge is 0.224 e. The number of halogens is 2. The van der Waals surface area contributed by atoms with Gasteiger partial charge in [-0.1, -0.05) is 23.7 Å². The molecule has 0 aliphatic heterocycles. The van der Waals surface area contributed by atoms with Gasteiger partial charge in [-0.05, 0) is 42.3 Å². The Kier molecular flexibility index (Phi) is 5.39. The molecule has 0 spiro atoms. The van der Waals surface area contributed by atoms with Crippen molar-refractivity contribution in [2.45, 2.75) is 12.8 Å². The Morgan fingerprint density at radius 1 is 1.18 bits per heavy atom. The maximum atomic E-state index is 12.9. The molecule has 0 radical (unpaired) electrons. The van der Waals surface area contributed by atoms with Crippen LogP contribution in [0.25, 0.3) is 0 Å². The lowest BCUT2D eigenvalue weighted by atomic mass is 10.1. The minimum Gasteiger partial charge on any atom is -0.378 e. The quantitative estimate of drug-likeness (QED) is 0.899. The summed E-state index contributed by atoms with van der Waals surface area (Å²) in [4.78, 5) is 13.9. The minimum atomic E-state index is -0.427. The van der Waals surface area contributed by atoms with Gasteiger partial charge in [-0.15, -0.1) is 0 Å². The van der Waals surface area contributed by atoms with Gasteiger partial charge in [-0.25, -0.2) is 4.39 Å². The van der Waals surface area contributed by atoms with Crippen molar-refractivity contribution in [2.75, 3.05) is 24.3 Å². The van der Waals surface area contributed by atoms with Crippen LogP contribution in [0.15, 0.2) is 42.5 Å². The molecule has 0 unspecified atom stereocenters. The maximum Gasteiger partial charge on any atom is 0.224 e. The number of carbonyl (C=O) groups excluding carboxylic acids is 1. The number of hydrogen-bond acceptors (Lipinski definition) is 2. The third kappa shape index (κ3) is 4.46. The molecule has 2 aromatic carbocycles. The van der Waals surface area contributed by atoms with Crippen molar-refractivity contribution in [2.24, 2.45) is 0 Å². The summed E-state index contributed by atoms with van der Waals surface area (Å²) in [6, 6.07) is 12.0. The van der Waals surface area contributed by atoms with Gasteiger partial charge < -0.3 is 10.2 Å². The predicted molar refractivity (Wildman–Crippen MR) is 89.1 cm³/mol. The lowest BCUT2D eigenvalue weighted by Gasteiger charge is -2.12. The van der Waals surface area contributed by atoms with Crippen molar-refractivity contribution in [1.82, 2.24) is 0 Å². The van der Waals surface area contributed by atoms with E-state index >= 15 is 0 Å². The summed E-state index contributed by atoms with van der Waals surface area (Å²) in [6.07, 6.45) is 0.980. The molecule has 0 bridgehead atoms. The van der Waals surface area contributed by atoms with E-state index in [2.05, 4.69) is 5.32 Å². The van der Waals surface area contributed by atoms with Crippen LogP contribution in [0.4, 0.5) is 15.8 Å². The highest BCUT2D eigenvalue weighted by Gasteiger charge is 2.07. The molecule has 0 atom stereocenters. The number of rotatable bonds is 5. The molecule has 1 amide bonds. The number of nitrogens with zero attached hydrogens (tertiary/aromatic N) is 1. The molecule has 1 N–H and O–H groups in total. The topological polar surface area (TPSA) is 32.3 Å². The molecule has 0 aliphatic rings. The number of anilines is 2. The average molecular weight is 321 g/mol. The van der Waals surface area contributed by atoms with Crippen molar-refractivity contribution in [3.05, 3.63) is 58.9 Å². The summed E-state index contributed by atoms with van der Waals surface area (Å²) in [5.74, 6) is -0.575. The van der Waals surface area contributed by atoms with E-state index in [0.717, 1.165) is 11.3 Å². The number of aryl methyl sites for hydroxylation is 1. The Hall–Kier alpha value is -2.07. The van der Waals surface area contributed by atoms with Crippen molar-refractivity contribution in [3.63, 3.8) is 0 Å². The van der Waals surface area contributed by atoms with Gasteiger partial charge in [-0.2, -0.15) is 0 Å². The first-order valence-electron chi connectivity index (χ1n) is 6.97. The van der Waals surface area contributed by atoms with Gasteiger partial charge in [0.05, 0.1) is 10.7 Å². The zero-order valence-electron chi connectivity index (χ0n) is 12.6. The van der Waals surface area contributed by atoms with Gasteiger partial charge in [-0.3, -0.25) is 4.79 Å². The van der Waals surface area contributed by atoms with Gasteiger partial charge in [0.15, 0.2) is 0 Å². The van der Waals surface area contributed by atoms with E-state index in [9.17, 15) is 9.18 Å². The molecule has 0 aromatic heterocycles. The van der Waals surface area contributed by atoms with Gasteiger partial charge >= 0.3 is 0 Å². The predicted octanol–water partition coefficient (Wildman–Crippen LogP) is 4.12. The molecular weight excluding hydrogens is 303 g/mol. The summed E-state index contributed by atoms with van der Waals surface area (Å²) in [5, 5.41) is 2.89. The maximum absolute atomic E-state index is 12.9. The first kappa shape index (κ1) is 16.3. The van der Waals surface area contributed by atoms with Gasteiger partial charge in [0.2, 0.25) is 5.91 Å². The van der Waals surface area contributed by atoms with E-state index < -0.39 is 5.82 Å².